The molecule has 0 bridgehead atoms. The van der Waals surface area contributed by atoms with Gasteiger partial charge in [-0.3, -0.25) is 14.4 Å². The first kappa shape index (κ1) is 21.8. The van der Waals surface area contributed by atoms with E-state index in [0.29, 0.717) is 38.8 Å². The molecular formula is C16H29N5O5. The minimum absolute atomic E-state index is 0.242. The molecular weight excluding hydrogens is 342 g/mol. The third-order valence-electron chi connectivity index (χ3n) is 4.31. The summed E-state index contributed by atoms with van der Waals surface area (Å²) in [5.41, 5.74) is 10.7. The molecule has 0 saturated carbocycles. The highest BCUT2D eigenvalue weighted by Crippen LogP contribution is 2.17. The standard InChI is InChI=1S/C16H29N5O5/c17-7-3-1-5-11(20-13(22)9-18)15(24)19-10-14(23)21-8-4-2-6-12(21)16(25)26/h11-12H,1-10,17-18H2,(H,19,24)(H,20,22)(H,25,26)/t11-,12-/m0/s1. The summed E-state index contributed by atoms with van der Waals surface area (Å²) in [5, 5.41) is 14.2. The van der Waals surface area contributed by atoms with Crippen molar-refractivity contribution >= 4 is 23.7 Å². The van der Waals surface area contributed by atoms with Gasteiger partial charge in [0.1, 0.15) is 12.1 Å². The van der Waals surface area contributed by atoms with Crippen LogP contribution in [-0.2, 0) is 19.2 Å². The number of piperidine rings is 1. The van der Waals surface area contributed by atoms with Crippen LogP contribution < -0.4 is 22.1 Å². The number of carbonyl (C=O) groups is 4. The monoisotopic (exact) mass is 371 g/mol. The Hall–Kier alpha value is -2.20. The van der Waals surface area contributed by atoms with Gasteiger partial charge < -0.3 is 32.1 Å². The van der Waals surface area contributed by atoms with Gasteiger partial charge >= 0.3 is 5.97 Å². The summed E-state index contributed by atoms with van der Waals surface area (Å²) in [4.78, 5) is 48.6. The Kier molecular flexibility index (Phi) is 9.60. The second-order valence-corrected chi connectivity index (χ2v) is 6.26. The number of unbranched alkanes of at least 4 members (excludes halogenated alkanes) is 1. The Morgan fingerprint density at radius 2 is 1.88 bits per heavy atom. The lowest BCUT2D eigenvalue weighted by Gasteiger charge is -2.33. The molecule has 26 heavy (non-hydrogen) atoms. The van der Waals surface area contributed by atoms with Gasteiger partial charge in [-0.05, 0) is 45.1 Å². The zero-order chi connectivity index (χ0) is 19.5. The van der Waals surface area contributed by atoms with E-state index in [-0.39, 0.29) is 13.1 Å². The van der Waals surface area contributed by atoms with Crippen LogP contribution in [0.1, 0.15) is 38.5 Å². The van der Waals surface area contributed by atoms with Gasteiger partial charge in [-0.15, -0.1) is 0 Å². The first-order valence-corrected chi connectivity index (χ1v) is 8.90. The lowest BCUT2D eigenvalue weighted by molar-refractivity contribution is -0.151. The van der Waals surface area contributed by atoms with Crippen LogP contribution in [0.4, 0.5) is 0 Å². The van der Waals surface area contributed by atoms with E-state index in [2.05, 4.69) is 10.6 Å². The molecule has 1 aliphatic heterocycles. The van der Waals surface area contributed by atoms with Crippen LogP contribution in [0.2, 0.25) is 0 Å². The van der Waals surface area contributed by atoms with Crippen molar-refractivity contribution in [2.75, 3.05) is 26.2 Å². The van der Waals surface area contributed by atoms with E-state index in [4.69, 9.17) is 11.5 Å². The zero-order valence-electron chi connectivity index (χ0n) is 14.9. The number of carbonyl (C=O) groups excluding carboxylic acids is 3. The highest BCUT2D eigenvalue weighted by atomic mass is 16.4. The molecule has 7 N–H and O–H groups in total. The van der Waals surface area contributed by atoms with Gasteiger partial charge in [-0.1, -0.05) is 0 Å². The molecule has 0 radical (unpaired) electrons. The van der Waals surface area contributed by atoms with Crippen molar-refractivity contribution in [1.29, 1.82) is 0 Å². The fraction of sp³-hybridized carbons (Fsp3) is 0.750. The lowest BCUT2D eigenvalue weighted by atomic mass is 10.0. The third kappa shape index (κ3) is 6.96. The van der Waals surface area contributed by atoms with Crippen molar-refractivity contribution in [2.24, 2.45) is 11.5 Å². The normalized spacial score (nSPS) is 18.1. The summed E-state index contributed by atoms with van der Waals surface area (Å²) in [5.74, 6) is -2.46. The predicted molar refractivity (Wildman–Crippen MR) is 93.9 cm³/mol. The van der Waals surface area contributed by atoms with Gasteiger partial charge in [0.25, 0.3) is 0 Å². The highest BCUT2D eigenvalue weighted by molar-refractivity contribution is 5.92. The molecule has 0 spiro atoms. The average Bonchev–Trinajstić information content (AvgIpc) is 2.64. The third-order valence-corrected chi connectivity index (χ3v) is 4.31. The van der Waals surface area contributed by atoms with E-state index < -0.39 is 35.8 Å². The van der Waals surface area contributed by atoms with Gasteiger partial charge in [0.2, 0.25) is 17.7 Å². The zero-order valence-corrected chi connectivity index (χ0v) is 14.9. The summed E-state index contributed by atoms with van der Waals surface area (Å²) in [6, 6.07) is -1.66. The van der Waals surface area contributed by atoms with Crippen LogP contribution in [0, 0.1) is 0 Å². The Morgan fingerprint density at radius 1 is 1.15 bits per heavy atom. The topological polar surface area (TPSA) is 168 Å². The van der Waals surface area contributed by atoms with Crippen molar-refractivity contribution in [3.05, 3.63) is 0 Å². The van der Waals surface area contributed by atoms with Crippen molar-refractivity contribution in [3.8, 4) is 0 Å². The Morgan fingerprint density at radius 3 is 2.50 bits per heavy atom. The maximum atomic E-state index is 12.3. The van der Waals surface area contributed by atoms with E-state index in [1.54, 1.807) is 0 Å². The van der Waals surface area contributed by atoms with Crippen molar-refractivity contribution in [1.82, 2.24) is 15.5 Å². The van der Waals surface area contributed by atoms with Gasteiger partial charge in [0.05, 0.1) is 13.1 Å². The van der Waals surface area contributed by atoms with Crippen LogP contribution in [0.3, 0.4) is 0 Å². The van der Waals surface area contributed by atoms with E-state index in [1.165, 1.54) is 4.90 Å². The van der Waals surface area contributed by atoms with Crippen LogP contribution in [0.25, 0.3) is 0 Å². The van der Waals surface area contributed by atoms with Gasteiger partial charge in [-0.25, -0.2) is 4.79 Å². The molecule has 10 heteroatoms. The van der Waals surface area contributed by atoms with E-state index in [0.717, 1.165) is 12.8 Å². The number of nitrogens with zero attached hydrogens (tertiary/aromatic N) is 1. The van der Waals surface area contributed by atoms with Crippen LogP contribution in [0.15, 0.2) is 0 Å². The second-order valence-electron chi connectivity index (χ2n) is 6.26. The number of rotatable bonds is 10. The molecule has 1 rings (SSSR count). The minimum Gasteiger partial charge on any atom is -0.480 e. The van der Waals surface area contributed by atoms with E-state index in [9.17, 15) is 24.3 Å². The van der Waals surface area contributed by atoms with Gasteiger partial charge in [0, 0.05) is 6.54 Å². The first-order chi connectivity index (χ1) is 12.4. The maximum Gasteiger partial charge on any atom is 0.326 e. The number of likely N-dealkylation sites (tertiary alicyclic amines) is 1. The number of carboxylic acid groups (broad SMARTS) is 1. The molecule has 148 valence electrons. The second kappa shape index (κ2) is 11.4. The molecule has 0 aromatic heterocycles. The van der Waals surface area contributed by atoms with Crippen LogP contribution in [0.5, 0.6) is 0 Å². The quantitative estimate of drug-likeness (QED) is 0.281. The number of nitrogens with one attached hydrogen (secondary N) is 2. The number of hydrogen-bond donors (Lipinski definition) is 5. The molecule has 1 saturated heterocycles. The highest BCUT2D eigenvalue weighted by Gasteiger charge is 2.32. The molecule has 1 aliphatic rings. The number of amides is 3. The summed E-state index contributed by atoms with van der Waals surface area (Å²) >= 11 is 0. The lowest BCUT2D eigenvalue weighted by Crippen LogP contribution is -2.53. The maximum absolute atomic E-state index is 12.3. The Balaban J connectivity index is 2.59. The predicted octanol–water partition coefficient (Wildman–Crippen LogP) is -1.86. The largest absolute Gasteiger partial charge is 0.480 e. The molecule has 0 aliphatic carbocycles. The van der Waals surface area contributed by atoms with E-state index >= 15 is 0 Å². The molecule has 10 nitrogen and oxygen atoms in total. The van der Waals surface area contributed by atoms with Crippen molar-refractivity contribution in [2.45, 2.75) is 50.6 Å². The fourth-order valence-corrected chi connectivity index (χ4v) is 2.89. The average molecular weight is 371 g/mol. The molecule has 1 fully saturated rings. The van der Waals surface area contributed by atoms with Crippen LogP contribution in [-0.4, -0.2) is 72.0 Å². The molecule has 0 aromatic rings. The molecule has 3 amide bonds. The summed E-state index contributed by atoms with van der Waals surface area (Å²) in [6.07, 6.45) is 3.61. The number of aliphatic carboxylic acids is 1. The smallest absolute Gasteiger partial charge is 0.326 e. The Bertz CT molecular complexity index is 513. The summed E-state index contributed by atoms with van der Waals surface area (Å²) in [6.45, 7) is 0.279. The van der Waals surface area contributed by atoms with Crippen molar-refractivity contribution in [3.63, 3.8) is 0 Å². The molecule has 1 heterocycles. The summed E-state index contributed by atoms with van der Waals surface area (Å²) in [7, 11) is 0. The minimum atomic E-state index is -1.04. The molecule has 2 atom stereocenters. The van der Waals surface area contributed by atoms with Gasteiger partial charge in [-0.2, -0.15) is 0 Å². The van der Waals surface area contributed by atoms with E-state index in [1.807, 2.05) is 0 Å². The number of nitrogens with two attached hydrogens (primary N) is 2. The van der Waals surface area contributed by atoms with Crippen LogP contribution >= 0.6 is 0 Å². The van der Waals surface area contributed by atoms with Gasteiger partial charge in [0.15, 0.2) is 0 Å². The molecule has 0 aromatic carbocycles. The number of carboxylic acids is 1. The summed E-state index contributed by atoms with van der Waals surface area (Å²) < 4.78 is 0. The molecule has 0 unspecified atom stereocenters. The SMILES string of the molecule is NCCCC[C@H](NC(=O)CN)C(=O)NCC(=O)N1CCCC[C@H]1C(=O)O. The van der Waals surface area contributed by atoms with Crippen molar-refractivity contribution < 1.29 is 24.3 Å². The Labute approximate surface area is 152 Å². The number of hydrogen-bond acceptors (Lipinski definition) is 6. The first-order valence-electron chi connectivity index (χ1n) is 8.90. The fourth-order valence-electron chi connectivity index (χ4n) is 2.89.